The minimum absolute atomic E-state index is 1.75. The van der Waals surface area contributed by atoms with Crippen molar-refractivity contribution in [2.45, 2.75) is 52.4 Å². The van der Waals surface area contributed by atoms with E-state index in [4.69, 9.17) is 20.6 Å². The van der Waals surface area contributed by atoms with Gasteiger partial charge in [-0.3, -0.25) is 0 Å². The highest BCUT2D eigenvalue weighted by Crippen LogP contribution is 2.29. The van der Waals surface area contributed by atoms with Crippen LogP contribution in [0.5, 0.6) is 0 Å². The molecule has 31 heavy (non-hydrogen) atoms. The highest BCUT2D eigenvalue weighted by atomic mass is 28.5. The van der Waals surface area contributed by atoms with Crippen LogP contribution >= 0.6 is 0 Å². The molecule has 176 valence electrons. The summed E-state index contributed by atoms with van der Waals surface area (Å²) >= 11 is 0. The first-order valence-electron chi connectivity index (χ1n) is 10.2. The highest BCUT2D eigenvalue weighted by molar-refractivity contribution is 6.96. The van der Waals surface area contributed by atoms with Gasteiger partial charge >= 0.3 is 34.2 Å². The maximum atomic E-state index is 6.61. The van der Waals surface area contributed by atoms with Crippen LogP contribution < -0.4 is 0 Å². The van der Waals surface area contributed by atoms with Crippen molar-refractivity contribution in [3.05, 3.63) is 73.7 Å². The maximum Gasteiger partial charge on any atom is 0.344 e. The molecule has 0 aromatic heterocycles. The second kappa shape index (κ2) is 11.1. The summed E-state index contributed by atoms with van der Waals surface area (Å²) in [6.07, 6.45) is 0. The first kappa shape index (κ1) is 30.5. The second-order valence-corrected chi connectivity index (χ2v) is 30.1. The van der Waals surface area contributed by atoms with Crippen molar-refractivity contribution >= 4 is 50.9 Å². The summed E-state index contributed by atoms with van der Waals surface area (Å²) in [6.45, 7) is 39.8. The van der Waals surface area contributed by atoms with Gasteiger partial charge in [0.1, 0.15) is 0 Å². The molecule has 0 saturated heterocycles. The van der Waals surface area contributed by atoms with Crippen molar-refractivity contribution in [2.24, 2.45) is 0 Å². The second-order valence-electron chi connectivity index (χ2n) is 9.01. The molecule has 0 fully saturated rings. The van der Waals surface area contributed by atoms with E-state index in [0.29, 0.717) is 0 Å². The van der Waals surface area contributed by atoms with Crippen LogP contribution in [0, 0.1) is 0 Å². The van der Waals surface area contributed by atoms with Gasteiger partial charge in [-0.25, -0.2) is 0 Å². The number of hydrogen-bond acceptors (Lipinski definition) is 5. The van der Waals surface area contributed by atoms with E-state index in [0.717, 1.165) is 0 Å². The van der Waals surface area contributed by atoms with E-state index < -0.39 is 50.9 Å². The zero-order chi connectivity index (χ0) is 24.8. The molecule has 0 radical (unpaired) electrons. The third-order valence-corrected chi connectivity index (χ3v) is 26.7. The molecule has 5 nitrogen and oxygen atoms in total. The Morgan fingerprint density at radius 1 is 0.355 bits per heavy atom. The summed E-state index contributed by atoms with van der Waals surface area (Å²) in [7, 11) is -15.5. The molecule has 0 amide bonds. The van der Waals surface area contributed by atoms with E-state index in [1.165, 1.54) is 0 Å². The van der Waals surface area contributed by atoms with E-state index >= 15 is 0 Å². The monoisotopic (exact) mass is 530 g/mol. The Kier molecular flexibility index (Phi) is 10.9. The Bertz CT molecular complexity index is 656. The van der Waals surface area contributed by atoms with Gasteiger partial charge in [0.15, 0.2) is 16.6 Å². The van der Waals surface area contributed by atoms with Gasteiger partial charge < -0.3 is 20.6 Å². The average molecular weight is 531 g/mol. The van der Waals surface area contributed by atoms with E-state index in [1.807, 2.05) is 37.6 Å². The minimum Gasteiger partial charge on any atom is -0.430 e. The molecule has 0 bridgehead atoms. The van der Waals surface area contributed by atoms with Crippen LogP contribution in [0.2, 0.25) is 52.4 Å². The molecule has 0 aromatic carbocycles. The van der Waals surface area contributed by atoms with Crippen LogP contribution in [0.25, 0.3) is 0 Å². The fourth-order valence-electron chi connectivity index (χ4n) is 2.75. The van der Waals surface area contributed by atoms with Crippen molar-refractivity contribution in [3.63, 3.8) is 0 Å². The Hall–Kier alpha value is -0.459. The molecule has 0 aliphatic heterocycles. The first-order valence-corrected chi connectivity index (χ1v) is 25.8. The molecule has 0 aliphatic carbocycles. The van der Waals surface area contributed by atoms with Crippen molar-refractivity contribution < 1.29 is 20.6 Å². The Morgan fingerprint density at radius 2 is 0.548 bits per heavy atom. The van der Waals surface area contributed by atoms with Crippen LogP contribution in [-0.4, -0.2) is 50.9 Å². The number of hydrogen-bond donors (Lipinski definition) is 0. The summed E-state index contributed by atoms with van der Waals surface area (Å²) in [5, 5.41) is 0. The van der Waals surface area contributed by atoms with Gasteiger partial charge in [-0.15, -0.1) is 39.5 Å². The molecule has 11 heteroatoms. The largest absolute Gasteiger partial charge is 0.430 e. The van der Waals surface area contributed by atoms with Gasteiger partial charge in [-0.2, -0.15) is 0 Å². The van der Waals surface area contributed by atoms with E-state index in [9.17, 15) is 0 Å². The fraction of sp³-hybridized carbons (Fsp3) is 0.400. The van der Waals surface area contributed by atoms with Gasteiger partial charge in [-0.1, -0.05) is 34.2 Å². The molecule has 0 aromatic rings. The lowest BCUT2D eigenvalue weighted by atomic mass is 11.3. The van der Waals surface area contributed by atoms with Crippen molar-refractivity contribution in [1.29, 1.82) is 0 Å². The quantitative estimate of drug-likeness (QED) is 0.225. The third kappa shape index (κ3) is 9.91. The highest BCUT2D eigenvalue weighted by Gasteiger charge is 2.49. The number of rotatable bonds is 16. The van der Waals surface area contributed by atoms with Crippen LogP contribution in [0.15, 0.2) is 73.7 Å². The normalized spacial score (nSPS) is 20.1. The molecular weight excluding hydrogens is 489 g/mol. The van der Waals surface area contributed by atoms with Crippen LogP contribution in [0.3, 0.4) is 0 Å². The minimum atomic E-state index is -2.92. The van der Waals surface area contributed by atoms with Crippen LogP contribution in [0.1, 0.15) is 0 Å². The lowest BCUT2D eigenvalue weighted by Crippen LogP contribution is -2.61. The molecule has 0 aliphatic rings. The Labute approximate surface area is 197 Å². The molecular formula is C20H42O5Si6. The Balaban J connectivity index is 5.89. The van der Waals surface area contributed by atoms with Crippen LogP contribution in [-0.2, 0) is 20.6 Å². The predicted molar refractivity (Wildman–Crippen MR) is 148 cm³/mol. The zero-order valence-corrected chi connectivity index (χ0v) is 26.7. The lowest BCUT2D eigenvalue weighted by Gasteiger charge is -2.43. The van der Waals surface area contributed by atoms with E-state index in [1.54, 1.807) is 22.8 Å². The van der Waals surface area contributed by atoms with E-state index in [-0.39, 0.29) is 0 Å². The zero-order valence-electron chi connectivity index (χ0n) is 20.7. The molecule has 0 rings (SSSR count). The van der Waals surface area contributed by atoms with Crippen molar-refractivity contribution in [3.8, 4) is 0 Å². The summed E-state index contributed by atoms with van der Waals surface area (Å²) in [5.41, 5.74) is 10.8. The average Bonchev–Trinajstić information content (AvgIpc) is 2.66. The van der Waals surface area contributed by atoms with Crippen molar-refractivity contribution in [1.82, 2.24) is 0 Å². The molecule has 0 saturated carbocycles. The van der Waals surface area contributed by atoms with Gasteiger partial charge in [-0.05, 0) is 52.4 Å². The summed E-state index contributed by atoms with van der Waals surface area (Å²) in [4.78, 5) is 0. The first-order chi connectivity index (χ1) is 13.9. The summed E-state index contributed by atoms with van der Waals surface area (Å²) in [6, 6.07) is 0. The van der Waals surface area contributed by atoms with Gasteiger partial charge in [0.05, 0.1) is 0 Å². The Morgan fingerprint density at radius 3 is 0.710 bits per heavy atom. The molecule has 0 N–H and O–H groups in total. The third-order valence-electron chi connectivity index (χ3n) is 4.61. The lowest BCUT2D eigenvalue weighted by molar-refractivity contribution is 0.294. The molecule has 0 spiro atoms. The standard InChI is InChI=1S/C20H42O5Si6/c1-15-26(7,8)21-28(11,17-3)23-30(13,19-5)25-31(14,20-6)24-29(12,18-4)22-27(9,10)16-2/h15-20H,1-6H2,7-14H3. The fourth-order valence-corrected chi connectivity index (χ4v) is 26.3. The SMILES string of the molecule is C=C[Si](C)(C)O[Si](C)(C=C)O[Si](C)(C=C)O[Si](C)(C=C)O[Si](C)(C=C)O[Si](C)(C)C=C. The van der Waals surface area contributed by atoms with Crippen LogP contribution in [0.4, 0.5) is 0 Å². The van der Waals surface area contributed by atoms with Gasteiger partial charge in [0.2, 0.25) is 0 Å². The molecule has 4 atom stereocenters. The maximum absolute atomic E-state index is 6.61. The summed E-state index contributed by atoms with van der Waals surface area (Å²) in [5.74, 6) is 0. The van der Waals surface area contributed by atoms with Crippen molar-refractivity contribution in [2.75, 3.05) is 0 Å². The smallest absolute Gasteiger partial charge is 0.344 e. The van der Waals surface area contributed by atoms with Gasteiger partial charge in [0.25, 0.3) is 0 Å². The molecule has 0 heterocycles. The van der Waals surface area contributed by atoms with Gasteiger partial charge in [0, 0.05) is 0 Å². The summed E-state index contributed by atoms with van der Waals surface area (Å²) < 4.78 is 32.5. The predicted octanol–water partition coefficient (Wildman–Crippen LogP) is 6.12. The molecule has 4 unspecified atom stereocenters. The topological polar surface area (TPSA) is 46.2 Å². The van der Waals surface area contributed by atoms with E-state index in [2.05, 4.69) is 65.7 Å².